The quantitative estimate of drug-likeness (QED) is 0.936. The van der Waals surface area contributed by atoms with Gasteiger partial charge in [0.15, 0.2) is 0 Å². The van der Waals surface area contributed by atoms with Crippen LogP contribution in [-0.4, -0.2) is 10.9 Å². The number of hydrogen-bond donors (Lipinski definition) is 1. The molecule has 1 atom stereocenters. The van der Waals surface area contributed by atoms with Crippen molar-refractivity contribution in [2.45, 2.75) is 18.9 Å². The minimum atomic E-state index is -0.172. The summed E-state index contributed by atoms with van der Waals surface area (Å²) in [6, 6.07) is 11.2. The third-order valence-electron chi connectivity index (χ3n) is 3.46. The molecule has 3 rings (SSSR count). The van der Waals surface area contributed by atoms with Crippen molar-refractivity contribution in [1.82, 2.24) is 10.3 Å². The Morgan fingerprint density at radius 2 is 1.95 bits per heavy atom. The smallest absolute Gasteiger partial charge is 0.223 e. The van der Waals surface area contributed by atoms with E-state index in [1.165, 1.54) is 0 Å². The third-order valence-corrected chi connectivity index (χ3v) is 3.71. The lowest BCUT2D eigenvalue weighted by molar-refractivity contribution is -0.122. The lowest BCUT2D eigenvalue weighted by atomic mass is 10.00. The van der Waals surface area contributed by atoms with Crippen LogP contribution in [0.15, 0.2) is 48.8 Å². The normalized spacial score (nSPS) is 15.7. The molecule has 1 aromatic heterocycles. The van der Waals surface area contributed by atoms with Crippen molar-refractivity contribution in [1.29, 1.82) is 0 Å². The summed E-state index contributed by atoms with van der Waals surface area (Å²) in [4.78, 5) is 16.2. The number of carbonyl (C=O) groups is 1. The Balaban J connectivity index is 1.90. The molecule has 1 aliphatic carbocycles. The van der Waals surface area contributed by atoms with Gasteiger partial charge in [-0.05, 0) is 42.2 Å². The standard InChI is InChI=1S/C16H15ClN2O/c17-14-7-5-11(6-8-14)15(13-2-1-9-18-10-13)19-16(20)12-3-4-12/h1-2,5-10,12,15H,3-4H2,(H,19,20)/t15-/m1/s1. The van der Waals surface area contributed by atoms with Crippen LogP contribution < -0.4 is 5.32 Å². The zero-order valence-corrected chi connectivity index (χ0v) is 11.7. The second kappa shape index (κ2) is 5.63. The summed E-state index contributed by atoms with van der Waals surface area (Å²) in [6.07, 6.45) is 5.50. The summed E-state index contributed by atoms with van der Waals surface area (Å²) in [5.41, 5.74) is 1.99. The summed E-state index contributed by atoms with van der Waals surface area (Å²) in [5, 5.41) is 3.80. The van der Waals surface area contributed by atoms with Gasteiger partial charge < -0.3 is 5.32 Å². The van der Waals surface area contributed by atoms with Gasteiger partial charge in [0.1, 0.15) is 0 Å². The molecule has 1 saturated carbocycles. The van der Waals surface area contributed by atoms with E-state index in [0.29, 0.717) is 5.02 Å². The summed E-state index contributed by atoms with van der Waals surface area (Å²) >= 11 is 5.93. The van der Waals surface area contributed by atoms with Crippen LogP contribution in [-0.2, 0) is 4.79 Å². The number of carbonyl (C=O) groups excluding carboxylic acids is 1. The Bertz CT molecular complexity index is 594. The molecule has 20 heavy (non-hydrogen) atoms. The Labute approximate surface area is 123 Å². The summed E-state index contributed by atoms with van der Waals surface area (Å²) in [5.74, 6) is 0.301. The highest BCUT2D eigenvalue weighted by Crippen LogP contribution is 2.31. The average Bonchev–Trinajstić information content (AvgIpc) is 3.31. The van der Waals surface area contributed by atoms with E-state index in [2.05, 4.69) is 10.3 Å². The van der Waals surface area contributed by atoms with E-state index in [1.807, 2.05) is 36.4 Å². The molecule has 0 spiro atoms. The summed E-state index contributed by atoms with van der Waals surface area (Å²) < 4.78 is 0. The number of aromatic nitrogens is 1. The van der Waals surface area contributed by atoms with Crippen molar-refractivity contribution in [2.75, 3.05) is 0 Å². The summed E-state index contributed by atoms with van der Waals surface area (Å²) in [6.45, 7) is 0. The highest BCUT2D eigenvalue weighted by atomic mass is 35.5. The van der Waals surface area contributed by atoms with Crippen LogP contribution >= 0.6 is 11.6 Å². The molecule has 2 aromatic rings. The van der Waals surface area contributed by atoms with Crippen molar-refractivity contribution in [3.63, 3.8) is 0 Å². The molecule has 1 aliphatic rings. The molecule has 1 amide bonds. The van der Waals surface area contributed by atoms with Gasteiger partial charge in [0.05, 0.1) is 6.04 Å². The van der Waals surface area contributed by atoms with Crippen molar-refractivity contribution in [3.8, 4) is 0 Å². The maximum absolute atomic E-state index is 12.1. The molecule has 102 valence electrons. The van der Waals surface area contributed by atoms with E-state index < -0.39 is 0 Å². The van der Waals surface area contributed by atoms with Gasteiger partial charge in [-0.3, -0.25) is 9.78 Å². The largest absolute Gasteiger partial charge is 0.345 e. The van der Waals surface area contributed by atoms with Gasteiger partial charge in [-0.2, -0.15) is 0 Å². The number of nitrogens with one attached hydrogen (secondary N) is 1. The predicted molar refractivity (Wildman–Crippen MR) is 78.4 cm³/mol. The highest BCUT2D eigenvalue weighted by molar-refractivity contribution is 6.30. The van der Waals surface area contributed by atoms with Gasteiger partial charge in [0.25, 0.3) is 0 Å². The molecule has 0 radical (unpaired) electrons. The first-order chi connectivity index (χ1) is 9.74. The summed E-state index contributed by atoms with van der Waals surface area (Å²) in [7, 11) is 0. The first kappa shape index (κ1) is 13.1. The molecule has 0 saturated heterocycles. The Morgan fingerprint density at radius 3 is 2.55 bits per heavy atom. The van der Waals surface area contributed by atoms with Crippen LogP contribution in [0.3, 0.4) is 0 Å². The Morgan fingerprint density at radius 1 is 1.20 bits per heavy atom. The lowest BCUT2D eigenvalue weighted by Crippen LogP contribution is -2.30. The number of benzene rings is 1. The molecule has 0 aliphatic heterocycles. The van der Waals surface area contributed by atoms with Gasteiger partial charge in [-0.25, -0.2) is 0 Å². The molecule has 1 N–H and O–H groups in total. The molecule has 1 aromatic carbocycles. The molecular weight excluding hydrogens is 272 g/mol. The second-order valence-electron chi connectivity index (χ2n) is 5.05. The molecule has 3 nitrogen and oxygen atoms in total. The zero-order valence-electron chi connectivity index (χ0n) is 10.9. The molecule has 0 bridgehead atoms. The maximum atomic E-state index is 12.1. The minimum Gasteiger partial charge on any atom is -0.345 e. The van der Waals surface area contributed by atoms with E-state index in [-0.39, 0.29) is 17.9 Å². The number of hydrogen-bond acceptors (Lipinski definition) is 2. The van der Waals surface area contributed by atoms with Crippen molar-refractivity contribution in [3.05, 3.63) is 64.9 Å². The lowest BCUT2D eigenvalue weighted by Gasteiger charge is -2.19. The topological polar surface area (TPSA) is 42.0 Å². The van der Waals surface area contributed by atoms with Gasteiger partial charge in [0, 0.05) is 23.3 Å². The van der Waals surface area contributed by atoms with Crippen LogP contribution in [0.25, 0.3) is 0 Å². The molecule has 1 fully saturated rings. The van der Waals surface area contributed by atoms with Crippen LogP contribution in [0.4, 0.5) is 0 Å². The third kappa shape index (κ3) is 2.99. The van der Waals surface area contributed by atoms with E-state index in [0.717, 1.165) is 24.0 Å². The number of amides is 1. The first-order valence-corrected chi connectivity index (χ1v) is 7.07. The van der Waals surface area contributed by atoms with Gasteiger partial charge in [-0.1, -0.05) is 29.8 Å². The number of pyridine rings is 1. The monoisotopic (exact) mass is 286 g/mol. The fourth-order valence-corrected chi connectivity index (χ4v) is 2.29. The van der Waals surface area contributed by atoms with Crippen molar-refractivity contribution in [2.24, 2.45) is 5.92 Å². The first-order valence-electron chi connectivity index (χ1n) is 6.70. The minimum absolute atomic E-state index is 0.119. The van der Waals surface area contributed by atoms with Gasteiger partial charge >= 0.3 is 0 Å². The Kier molecular flexibility index (Phi) is 3.70. The van der Waals surface area contributed by atoms with E-state index >= 15 is 0 Å². The van der Waals surface area contributed by atoms with Crippen LogP contribution in [0.1, 0.15) is 30.0 Å². The van der Waals surface area contributed by atoms with Crippen molar-refractivity contribution >= 4 is 17.5 Å². The predicted octanol–water partition coefficient (Wildman–Crippen LogP) is 3.35. The SMILES string of the molecule is O=C(N[C@H](c1ccc(Cl)cc1)c1cccnc1)C1CC1. The Hall–Kier alpha value is -1.87. The van der Waals surface area contributed by atoms with E-state index in [9.17, 15) is 4.79 Å². The maximum Gasteiger partial charge on any atom is 0.223 e. The zero-order chi connectivity index (χ0) is 13.9. The van der Waals surface area contributed by atoms with Crippen LogP contribution in [0.2, 0.25) is 5.02 Å². The van der Waals surface area contributed by atoms with Gasteiger partial charge in [0.2, 0.25) is 5.91 Å². The van der Waals surface area contributed by atoms with E-state index in [1.54, 1.807) is 12.4 Å². The fraction of sp³-hybridized carbons (Fsp3) is 0.250. The number of rotatable bonds is 4. The number of nitrogens with zero attached hydrogens (tertiary/aromatic N) is 1. The van der Waals surface area contributed by atoms with E-state index in [4.69, 9.17) is 11.6 Å². The fourth-order valence-electron chi connectivity index (χ4n) is 2.17. The highest BCUT2D eigenvalue weighted by Gasteiger charge is 2.31. The molecule has 1 heterocycles. The molecule has 0 unspecified atom stereocenters. The van der Waals surface area contributed by atoms with Crippen LogP contribution in [0.5, 0.6) is 0 Å². The number of halogens is 1. The second-order valence-corrected chi connectivity index (χ2v) is 5.49. The van der Waals surface area contributed by atoms with Crippen molar-refractivity contribution < 1.29 is 4.79 Å². The molecular formula is C16H15ClN2O. The van der Waals surface area contributed by atoms with Crippen LogP contribution in [0, 0.1) is 5.92 Å². The van der Waals surface area contributed by atoms with Gasteiger partial charge in [-0.15, -0.1) is 0 Å². The molecule has 4 heteroatoms. The average molecular weight is 287 g/mol.